The Morgan fingerprint density at radius 2 is 1.29 bits per heavy atom. The van der Waals surface area contributed by atoms with Crippen molar-refractivity contribution in [2.24, 2.45) is 0 Å². The fraction of sp³-hybridized carbons (Fsp3) is 1.00. The van der Waals surface area contributed by atoms with E-state index in [1.54, 1.807) is 21.3 Å². The van der Waals surface area contributed by atoms with E-state index in [1.807, 2.05) is 6.92 Å². The molecule has 14 heavy (non-hydrogen) atoms. The zero-order chi connectivity index (χ0) is 11.8. The number of hydrogen-bond acceptors (Lipinski definition) is 5. The van der Waals surface area contributed by atoms with Crippen molar-refractivity contribution in [1.29, 1.82) is 0 Å². The van der Waals surface area contributed by atoms with E-state index in [0.717, 1.165) is 6.16 Å². The van der Waals surface area contributed by atoms with Gasteiger partial charge in [0.1, 0.15) is 0 Å². The first-order valence-electron chi connectivity index (χ1n) is 3.60. The van der Waals surface area contributed by atoms with Crippen LogP contribution in [0.5, 0.6) is 0 Å². The molecule has 0 heterocycles. The molecule has 0 aromatic carbocycles. The molecule has 0 fully saturated rings. The van der Waals surface area contributed by atoms with Gasteiger partial charge in [0.2, 0.25) is 0 Å². The first-order chi connectivity index (χ1) is 6.24. The van der Waals surface area contributed by atoms with E-state index >= 15 is 0 Å². The van der Waals surface area contributed by atoms with Gasteiger partial charge in [0.05, 0.1) is 0 Å². The molecule has 0 saturated heterocycles. The summed E-state index contributed by atoms with van der Waals surface area (Å²) in [7, 11) is -2.02. The maximum Gasteiger partial charge on any atom is 0.394 e. The molecule has 0 saturated carbocycles. The Labute approximate surface area is 84.5 Å². The van der Waals surface area contributed by atoms with Crippen molar-refractivity contribution in [1.82, 2.24) is 0 Å². The van der Waals surface area contributed by atoms with E-state index in [2.05, 4.69) is 0 Å². The molecule has 0 aliphatic heterocycles. The Kier molecular flexibility index (Phi) is 8.86. The minimum atomic E-state index is -4.67. The topological polar surface area (TPSA) is 102 Å². The molecule has 7 nitrogen and oxygen atoms in total. The van der Waals surface area contributed by atoms with Crippen molar-refractivity contribution < 1.29 is 31.1 Å². The Morgan fingerprint density at radius 1 is 1.07 bits per heavy atom. The summed E-state index contributed by atoms with van der Waals surface area (Å²) in [6, 6.07) is 0. The fourth-order valence-electron chi connectivity index (χ4n) is 0.683. The molecule has 0 aromatic heterocycles. The van der Waals surface area contributed by atoms with Gasteiger partial charge >= 0.3 is 66.3 Å². The van der Waals surface area contributed by atoms with Crippen molar-refractivity contribution in [2.75, 3.05) is 27.5 Å². The molecule has 90 valence electrons. The predicted octanol–water partition coefficient (Wildman–Crippen LogP) is 0.788. The van der Waals surface area contributed by atoms with Gasteiger partial charge in [-0.05, 0) is 0 Å². The summed E-state index contributed by atoms with van der Waals surface area (Å²) in [5.74, 6) is 0. The third-order valence-electron chi connectivity index (χ3n) is 1.37. The quantitative estimate of drug-likeness (QED) is 0.563. The average Bonchev–Trinajstić information content (AvgIpc) is 2.07. The number of rotatable bonds is 4. The molecule has 0 unspecified atom stereocenters. The van der Waals surface area contributed by atoms with E-state index in [0.29, 0.717) is 0 Å². The second-order valence-corrected chi connectivity index (χ2v) is 6.29. The van der Waals surface area contributed by atoms with Crippen molar-refractivity contribution >= 4 is 18.3 Å². The summed E-state index contributed by atoms with van der Waals surface area (Å²) >= 11 is 0. The Bertz CT molecular complexity index is 197. The zero-order valence-electron chi connectivity index (χ0n) is 8.55. The summed E-state index contributed by atoms with van der Waals surface area (Å²) in [6.07, 6.45) is 0.816. The average molecular weight is 252 g/mol. The normalized spacial score (nSPS) is 13.0. The van der Waals surface area contributed by atoms with Crippen LogP contribution < -0.4 is 0 Å². The zero-order valence-corrected chi connectivity index (χ0v) is 10.4. The van der Waals surface area contributed by atoms with Gasteiger partial charge in [-0.2, -0.15) is 8.42 Å². The second-order valence-electron chi connectivity index (χ2n) is 2.10. The first-order valence-corrected chi connectivity index (χ1v) is 6.93. The van der Waals surface area contributed by atoms with Crippen LogP contribution in [0.3, 0.4) is 0 Å². The van der Waals surface area contributed by atoms with Gasteiger partial charge in [0.25, 0.3) is 0 Å². The van der Waals surface area contributed by atoms with E-state index in [1.165, 1.54) is 0 Å². The SMILES string of the molecule is CC[PH](OC)(OC)OC.O=S(=O)(O)O. The van der Waals surface area contributed by atoms with Crippen molar-refractivity contribution in [3.8, 4) is 0 Å². The molecule has 9 heteroatoms. The smallest absolute Gasteiger partial charge is 0.264 e. The summed E-state index contributed by atoms with van der Waals surface area (Å²) in [5.41, 5.74) is 0. The molecule has 0 aliphatic rings. The van der Waals surface area contributed by atoms with Gasteiger partial charge in [-0.25, -0.2) is 0 Å². The molecule has 0 amide bonds. The van der Waals surface area contributed by atoms with Gasteiger partial charge in [-0.3, -0.25) is 9.11 Å². The maximum atomic E-state index is 8.74. The van der Waals surface area contributed by atoms with E-state index < -0.39 is 18.3 Å². The molecule has 2 N–H and O–H groups in total. The van der Waals surface area contributed by atoms with Crippen molar-refractivity contribution in [3.05, 3.63) is 0 Å². The van der Waals surface area contributed by atoms with Gasteiger partial charge in [-0.1, -0.05) is 0 Å². The number of hydrogen-bond donors (Lipinski definition) is 2. The standard InChI is InChI=1S/C5H15O3P.H2O4S/c1-5-9(6-2,7-3)8-4;1-5(2,3)4/h9H,5H2,1-4H3;(H2,1,2,3,4). The maximum absolute atomic E-state index is 8.74. The summed E-state index contributed by atoms with van der Waals surface area (Å²) < 4.78 is 46.8. The minimum absolute atomic E-state index is 0.816. The molecule has 0 aliphatic carbocycles. The Morgan fingerprint density at radius 3 is 1.29 bits per heavy atom. The third kappa shape index (κ3) is 10.3. The van der Waals surface area contributed by atoms with Crippen LogP contribution in [-0.4, -0.2) is 45.0 Å². The summed E-state index contributed by atoms with van der Waals surface area (Å²) in [5, 5.41) is 0. The molecule has 0 spiro atoms. The Balaban J connectivity index is 0. The second kappa shape index (κ2) is 7.47. The monoisotopic (exact) mass is 252 g/mol. The van der Waals surface area contributed by atoms with Gasteiger partial charge < -0.3 is 0 Å². The van der Waals surface area contributed by atoms with Gasteiger partial charge in [0.15, 0.2) is 0 Å². The minimum Gasteiger partial charge on any atom is -0.264 e. The van der Waals surface area contributed by atoms with E-state index in [4.69, 9.17) is 31.1 Å². The largest absolute Gasteiger partial charge is 0.394 e. The predicted molar refractivity (Wildman–Crippen MR) is 54.1 cm³/mol. The van der Waals surface area contributed by atoms with E-state index in [9.17, 15) is 0 Å². The molecule has 0 bridgehead atoms. The Hall–Kier alpha value is 0.180. The van der Waals surface area contributed by atoms with Gasteiger partial charge in [0, 0.05) is 0 Å². The summed E-state index contributed by atoms with van der Waals surface area (Å²) in [4.78, 5) is 0. The van der Waals surface area contributed by atoms with Crippen LogP contribution in [0.25, 0.3) is 0 Å². The van der Waals surface area contributed by atoms with Crippen LogP contribution in [0.1, 0.15) is 6.92 Å². The molecule has 0 atom stereocenters. The van der Waals surface area contributed by atoms with Crippen LogP contribution in [0.2, 0.25) is 0 Å². The molecule has 0 radical (unpaired) electrons. The molecular weight excluding hydrogens is 235 g/mol. The van der Waals surface area contributed by atoms with Crippen LogP contribution in [0.15, 0.2) is 0 Å². The fourth-order valence-corrected chi connectivity index (χ4v) is 2.05. The molecule has 0 aromatic rings. The molecular formula is C5H17O7PS. The molecule has 0 rings (SSSR count). The summed E-state index contributed by atoms with van der Waals surface area (Å²) in [6.45, 7) is 1.99. The first kappa shape index (κ1) is 16.6. The van der Waals surface area contributed by atoms with Crippen LogP contribution in [0, 0.1) is 0 Å². The van der Waals surface area contributed by atoms with Crippen LogP contribution >= 0.6 is 7.94 Å². The van der Waals surface area contributed by atoms with Crippen LogP contribution in [-0.2, 0) is 24.0 Å². The third-order valence-corrected chi connectivity index (χ3v) is 4.10. The van der Waals surface area contributed by atoms with Crippen LogP contribution in [0.4, 0.5) is 0 Å². The van der Waals surface area contributed by atoms with Gasteiger partial charge in [-0.15, -0.1) is 0 Å². The van der Waals surface area contributed by atoms with Crippen molar-refractivity contribution in [3.63, 3.8) is 0 Å². The van der Waals surface area contributed by atoms with Crippen molar-refractivity contribution in [2.45, 2.75) is 6.92 Å². The van der Waals surface area contributed by atoms with E-state index in [-0.39, 0.29) is 0 Å².